The van der Waals surface area contributed by atoms with E-state index in [2.05, 4.69) is 27.8 Å². The Bertz CT molecular complexity index is 654. The molecular formula is C17H19N3O. The third-order valence-electron chi connectivity index (χ3n) is 3.80. The number of hydrogen-bond acceptors (Lipinski definition) is 3. The summed E-state index contributed by atoms with van der Waals surface area (Å²) in [5.74, 6) is 0.0472. The lowest BCUT2D eigenvalue weighted by Crippen LogP contribution is -2.47. The predicted molar refractivity (Wildman–Crippen MR) is 81.6 cm³/mol. The molecule has 21 heavy (non-hydrogen) atoms. The van der Waals surface area contributed by atoms with E-state index in [0.29, 0.717) is 6.54 Å². The number of amides is 1. The van der Waals surface area contributed by atoms with E-state index in [0.717, 1.165) is 24.1 Å². The number of nitrogens with zero attached hydrogens (tertiary/aromatic N) is 1. The molecule has 4 nitrogen and oxygen atoms in total. The summed E-state index contributed by atoms with van der Waals surface area (Å²) in [7, 11) is 0. The van der Waals surface area contributed by atoms with Crippen molar-refractivity contribution >= 4 is 5.91 Å². The summed E-state index contributed by atoms with van der Waals surface area (Å²) < 4.78 is 0. The second-order valence-electron chi connectivity index (χ2n) is 5.49. The zero-order chi connectivity index (χ0) is 14.7. The molecule has 1 aromatic heterocycles. The van der Waals surface area contributed by atoms with Crippen molar-refractivity contribution < 1.29 is 4.79 Å². The molecule has 2 heterocycles. The van der Waals surface area contributed by atoms with Crippen LogP contribution in [0.15, 0.2) is 42.7 Å². The molecule has 0 spiro atoms. The van der Waals surface area contributed by atoms with E-state index in [-0.39, 0.29) is 11.9 Å². The number of fused-ring (bicyclic) bond motifs is 1. The van der Waals surface area contributed by atoms with Gasteiger partial charge >= 0.3 is 0 Å². The van der Waals surface area contributed by atoms with E-state index >= 15 is 0 Å². The van der Waals surface area contributed by atoms with Gasteiger partial charge in [0.2, 0.25) is 5.91 Å². The van der Waals surface area contributed by atoms with Gasteiger partial charge < -0.3 is 10.6 Å². The topological polar surface area (TPSA) is 54.0 Å². The number of rotatable bonds is 3. The van der Waals surface area contributed by atoms with Gasteiger partial charge in [-0.1, -0.05) is 30.3 Å². The summed E-state index contributed by atoms with van der Waals surface area (Å²) >= 11 is 0. The molecule has 1 unspecified atom stereocenters. The lowest BCUT2D eigenvalue weighted by Gasteiger charge is -2.25. The van der Waals surface area contributed by atoms with E-state index < -0.39 is 0 Å². The van der Waals surface area contributed by atoms with Crippen LogP contribution in [0.2, 0.25) is 0 Å². The van der Waals surface area contributed by atoms with Gasteiger partial charge in [-0.3, -0.25) is 9.78 Å². The maximum absolute atomic E-state index is 12.3. The Labute approximate surface area is 124 Å². The zero-order valence-electron chi connectivity index (χ0n) is 12.1. The summed E-state index contributed by atoms with van der Waals surface area (Å²) in [6.45, 7) is 3.27. The highest BCUT2D eigenvalue weighted by molar-refractivity contribution is 5.82. The van der Waals surface area contributed by atoms with Crippen LogP contribution in [0.4, 0.5) is 0 Å². The number of carbonyl (C=O) groups excluding carboxylic acids is 1. The van der Waals surface area contributed by atoms with E-state index in [4.69, 9.17) is 0 Å². The monoisotopic (exact) mass is 281 g/mol. The second-order valence-corrected chi connectivity index (χ2v) is 5.49. The molecule has 0 aliphatic carbocycles. The molecule has 2 aromatic rings. The fourth-order valence-corrected chi connectivity index (χ4v) is 2.67. The molecule has 1 aliphatic rings. The molecule has 1 atom stereocenters. The summed E-state index contributed by atoms with van der Waals surface area (Å²) in [6.07, 6.45) is 4.34. The number of carbonyl (C=O) groups is 1. The molecule has 4 heteroatoms. The molecule has 108 valence electrons. The summed E-state index contributed by atoms with van der Waals surface area (Å²) in [5, 5.41) is 6.28. The molecule has 2 N–H and O–H groups in total. The highest BCUT2D eigenvalue weighted by Crippen LogP contribution is 2.16. The standard InChI is InChI=1S/C17H19N3O/c1-12-6-13(9-18-8-12)10-20-17(21)16-7-14-4-2-3-5-15(14)11-19-16/h2-6,8-9,16,19H,7,10-11H2,1H3,(H,20,21). The number of aromatic nitrogens is 1. The number of nitrogens with one attached hydrogen (secondary N) is 2. The summed E-state index contributed by atoms with van der Waals surface area (Å²) in [4.78, 5) is 16.4. The van der Waals surface area contributed by atoms with Crippen LogP contribution in [0.25, 0.3) is 0 Å². The molecule has 0 saturated heterocycles. The van der Waals surface area contributed by atoms with Gasteiger partial charge in [0, 0.05) is 25.5 Å². The smallest absolute Gasteiger partial charge is 0.237 e. The quantitative estimate of drug-likeness (QED) is 0.900. The van der Waals surface area contributed by atoms with Gasteiger partial charge in [-0.05, 0) is 35.6 Å². The van der Waals surface area contributed by atoms with Gasteiger partial charge in [-0.15, -0.1) is 0 Å². The first-order valence-electron chi connectivity index (χ1n) is 7.21. The van der Waals surface area contributed by atoms with Crippen LogP contribution >= 0.6 is 0 Å². The molecule has 0 fully saturated rings. The van der Waals surface area contributed by atoms with Crippen molar-refractivity contribution in [3.8, 4) is 0 Å². The Hall–Kier alpha value is -2.20. The third kappa shape index (κ3) is 3.28. The van der Waals surface area contributed by atoms with Crippen molar-refractivity contribution in [1.82, 2.24) is 15.6 Å². The lowest BCUT2D eigenvalue weighted by molar-refractivity contribution is -0.123. The number of hydrogen-bond donors (Lipinski definition) is 2. The first-order valence-corrected chi connectivity index (χ1v) is 7.21. The minimum atomic E-state index is -0.155. The fourth-order valence-electron chi connectivity index (χ4n) is 2.67. The Morgan fingerprint density at radius 2 is 2.14 bits per heavy atom. The van der Waals surface area contributed by atoms with Gasteiger partial charge in [0.15, 0.2) is 0 Å². The minimum absolute atomic E-state index is 0.0472. The van der Waals surface area contributed by atoms with Crippen molar-refractivity contribution in [2.24, 2.45) is 0 Å². The maximum Gasteiger partial charge on any atom is 0.237 e. The molecule has 0 saturated carbocycles. The highest BCUT2D eigenvalue weighted by Gasteiger charge is 2.23. The van der Waals surface area contributed by atoms with Crippen LogP contribution in [-0.2, 0) is 24.3 Å². The van der Waals surface area contributed by atoms with Crippen LogP contribution in [-0.4, -0.2) is 16.9 Å². The van der Waals surface area contributed by atoms with Crippen LogP contribution in [0.3, 0.4) is 0 Å². The third-order valence-corrected chi connectivity index (χ3v) is 3.80. The Morgan fingerprint density at radius 3 is 2.95 bits per heavy atom. The lowest BCUT2D eigenvalue weighted by atomic mass is 9.95. The van der Waals surface area contributed by atoms with E-state index in [1.54, 1.807) is 6.20 Å². The maximum atomic E-state index is 12.3. The first kappa shape index (κ1) is 13.8. The summed E-state index contributed by atoms with van der Waals surface area (Å²) in [5.41, 5.74) is 4.67. The number of pyridine rings is 1. The predicted octanol–water partition coefficient (Wildman–Crippen LogP) is 1.72. The van der Waals surface area contributed by atoms with E-state index in [1.807, 2.05) is 31.3 Å². The van der Waals surface area contributed by atoms with Crippen molar-refractivity contribution in [2.75, 3.05) is 0 Å². The van der Waals surface area contributed by atoms with E-state index in [9.17, 15) is 4.79 Å². The second kappa shape index (κ2) is 6.06. The van der Waals surface area contributed by atoms with Crippen molar-refractivity contribution in [2.45, 2.75) is 32.5 Å². The van der Waals surface area contributed by atoms with Gasteiger partial charge in [0.1, 0.15) is 0 Å². The molecule has 0 radical (unpaired) electrons. The van der Waals surface area contributed by atoms with Crippen LogP contribution in [0.1, 0.15) is 22.3 Å². The average molecular weight is 281 g/mol. The van der Waals surface area contributed by atoms with Crippen LogP contribution in [0.5, 0.6) is 0 Å². The van der Waals surface area contributed by atoms with Crippen LogP contribution in [0, 0.1) is 6.92 Å². The van der Waals surface area contributed by atoms with Crippen molar-refractivity contribution in [1.29, 1.82) is 0 Å². The molecular weight excluding hydrogens is 262 g/mol. The van der Waals surface area contributed by atoms with Crippen LogP contribution < -0.4 is 10.6 Å². The Balaban J connectivity index is 1.59. The van der Waals surface area contributed by atoms with Crippen molar-refractivity contribution in [3.05, 3.63) is 65.0 Å². The first-order chi connectivity index (χ1) is 10.2. The molecule has 3 rings (SSSR count). The normalized spacial score (nSPS) is 17.1. The van der Waals surface area contributed by atoms with Gasteiger partial charge in [0.05, 0.1) is 6.04 Å². The Kier molecular flexibility index (Phi) is 3.97. The fraction of sp³-hybridized carbons (Fsp3) is 0.294. The highest BCUT2D eigenvalue weighted by atomic mass is 16.2. The molecule has 1 aromatic carbocycles. The largest absolute Gasteiger partial charge is 0.351 e. The van der Waals surface area contributed by atoms with Gasteiger partial charge in [0.25, 0.3) is 0 Å². The molecule has 1 aliphatic heterocycles. The SMILES string of the molecule is Cc1cncc(CNC(=O)C2Cc3ccccc3CN2)c1. The van der Waals surface area contributed by atoms with Crippen molar-refractivity contribution in [3.63, 3.8) is 0 Å². The summed E-state index contributed by atoms with van der Waals surface area (Å²) in [6, 6.07) is 10.1. The minimum Gasteiger partial charge on any atom is -0.351 e. The molecule has 1 amide bonds. The zero-order valence-corrected chi connectivity index (χ0v) is 12.1. The Morgan fingerprint density at radius 1 is 1.33 bits per heavy atom. The average Bonchev–Trinajstić information content (AvgIpc) is 2.52. The van der Waals surface area contributed by atoms with Gasteiger partial charge in [-0.25, -0.2) is 0 Å². The number of benzene rings is 1. The molecule has 0 bridgehead atoms. The number of aryl methyl sites for hydroxylation is 1. The van der Waals surface area contributed by atoms with Gasteiger partial charge in [-0.2, -0.15) is 0 Å². The van der Waals surface area contributed by atoms with E-state index in [1.165, 1.54) is 11.1 Å².